The van der Waals surface area contributed by atoms with Gasteiger partial charge in [-0.25, -0.2) is 9.78 Å². The molecule has 4 nitrogen and oxygen atoms in total. The molecule has 0 amide bonds. The fourth-order valence-corrected chi connectivity index (χ4v) is 1.35. The van der Waals surface area contributed by atoms with Crippen molar-refractivity contribution in [1.82, 2.24) is 4.98 Å². The summed E-state index contributed by atoms with van der Waals surface area (Å²) in [6.07, 6.45) is 1.51. The molecular formula is C10H14N2O2. The number of carbonyl (C=O) groups excluding carboxylic acids is 1. The molecule has 0 aromatic carbocycles. The van der Waals surface area contributed by atoms with Crippen LogP contribution in [0.3, 0.4) is 0 Å². The first-order valence-electron chi connectivity index (χ1n) is 4.40. The number of methoxy groups -OCH3 is 1. The lowest BCUT2D eigenvalue weighted by atomic mass is 9.99. The Morgan fingerprint density at radius 3 is 2.71 bits per heavy atom. The zero-order chi connectivity index (χ0) is 10.7. The smallest absolute Gasteiger partial charge is 0.357 e. The highest BCUT2D eigenvalue weighted by molar-refractivity contribution is 5.90. The fourth-order valence-electron chi connectivity index (χ4n) is 1.35. The van der Waals surface area contributed by atoms with E-state index in [2.05, 4.69) is 9.72 Å². The van der Waals surface area contributed by atoms with Gasteiger partial charge in [-0.1, -0.05) is 13.8 Å². The Balaban J connectivity index is 3.28. The van der Waals surface area contributed by atoms with Gasteiger partial charge in [-0.05, 0) is 12.0 Å². The number of nitrogens with zero attached hydrogens (tertiary/aromatic N) is 1. The van der Waals surface area contributed by atoms with Crippen molar-refractivity contribution in [2.24, 2.45) is 0 Å². The molecule has 1 heterocycles. The van der Waals surface area contributed by atoms with Gasteiger partial charge in [0.15, 0.2) is 5.69 Å². The maximum Gasteiger partial charge on any atom is 0.357 e. The number of ether oxygens (including phenoxy) is 1. The maximum atomic E-state index is 11.4. The Hall–Kier alpha value is -1.58. The van der Waals surface area contributed by atoms with Crippen molar-refractivity contribution >= 4 is 11.7 Å². The van der Waals surface area contributed by atoms with Crippen LogP contribution >= 0.6 is 0 Å². The van der Waals surface area contributed by atoms with E-state index in [1.165, 1.54) is 13.3 Å². The molecule has 1 aromatic heterocycles. The van der Waals surface area contributed by atoms with Gasteiger partial charge in [-0.3, -0.25) is 0 Å². The molecule has 0 bridgehead atoms. The van der Waals surface area contributed by atoms with Crippen molar-refractivity contribution < 1.29 is 9.53 Å². The number of hydrogen-bond acceptors (Lipinski definition) is 4. The molecule has 0 aliphatic carbocycles. The summed E-state index contributed by atoms with van der Waals surface area (Å²) in [5.74, 6) is -0.293. The Kier molecular flexibility index (Phi) is 3.06. The summed E-state index contributed by atoms with van der Waals surface area (Å²) >= 11 is 0. The van der Waals surface area contributed by atoms with Crippen molar-refractivity contribution in [2.75, 3.05) is 12.8 Å². The summed E-state index contributed by atoms with van der Waals surface area (Å²) in [4.78, 5) is 15.3. The number of nitrogens with two attached hydrogens (primary N) is 1. The van der Waals surface area contributed by atoms with Crippen LogP contribution in [0.2, 0.25) is 0 Å². The van der Waals surface area contributed by atoms with E-state index in [1.54, 1.807) is 6.07 Å². The van der Waals surface area contributed by atoms with Crippen molar-refractivity contribution in [3.63, 3.8) is 0 Å². The Morgan fingerprint density at radius 2 is 2.21 bits per heavy atom. The molecule has 2 N–H and O–H groups in total. The number of rotatable bonds is 2. The van der Waals surface area contributed by atoms with Crippen LogP contribution in [0.5, 0.6) is 0 Å². The molecule has 0 saturated carbocycles. The van der Waals surface area contributed by atoms with E-state index in [1.807, 2.05) is 13.8 Å². The molecule has 1 aromatic rings. The molecule has 0 spiro atoms. The van der Waals surface area contributed by atoms with E-state index in [-0.39, 0.29) is 5.92 Å². The predicted molar refractivity (Wildman–Crippen MR) is 54.1 cm³/mol. The summed E-state index contributed by atoms with van der Waals surface area (Å²) in [5.41, 5.74) is 7.40. The van der Waals surface area contributed by atoms with Crippen LogP contribution in [0, 0.1) is 0 Å². The van der Waals surface area contributed by atoms with Crippen molar-refractivity contribution in [1.29, 1.82) is 0 Å². The lowest BCUT2D eigenvalue weighted by molar-refractivity contribution is 0.0592. The summed E-state index contributed by atoms with van der Waals surface area (Å²) < 4.78 is 4.63. The SMILES string of the molecule is COC(=O)c1nccc(N)c1C(C)C. The van der Waals surface area contributed by atoms with Crippen molar-refractivity contribution in [2.45, 2.75) is 19.8 Å². The Morgan fingerprint density at radius 1 is 1.57 bits per heavy atom. The lowest BCUT2D eigenvalue weighted by Crippen LogP contribution is -2.11. The number of nitrogen functional groups attached to an aromatic ring is 1. The second-order valence-corrected chi connectivity index (χ2v) is 3.31. The third-order valence-electron chi connectivity index (χ3n) is 1.98. The first kappa shape index (κ1) is 10.5. The van der Waals surface area contributed by atoms with Gasteiger partial charge in [0.05, 0.1) is 7.11 Å². The van der Waals surface area contributed by atoms with Gasteiger partial charge in [0, 0.05) is 17.4 Å². The molecule has 0 unspecified atom stereocenters. The van der Waals surface area contributed by atoms with Gasteiger partial charge >= 0.3 is 5.97 Å². The van der Waals surface area contributed by atoms with Crippen LogP contribution in [0.25, 0.3) is 0 Å². The van der Waals surface area contributed by atoms with Crippen LogP contribution in [-0.2, 0) is 4.74 Å². The zero-order valence-electron chi connectivity index (χ0n) is 8.57. The summed E-state index contributed by atoms with van der Waals surface area (Å²) in [6, 6.07) is 1.68. The Bertz CT molecular complexity index is 348. The van der Waals surface area contributed by atoms with E-state index in [4.69, 9.17) is 5.73 Å². The summed E-state index contributed by atoms with van der Waals surface area (Å²) in [5, 5.41) is 0. The highest BCUT2D eigenvalue weighted by atomic mass is 16.5. The lowest BCUT2D eigenvalue weighted by Gasteiger charge is -2.12. The van der Waals surface area contributed by atoms with Gasteiger partial charge in [-0.15, -0.1) is 0 Å². The summed E-state index contributed by atoms with van der Waals surface area (Å²) in [6.45, 7) is 3.92. The van der Waals surface area contributed by atoms with Crippen LogP contribution < -0.4 is 5.73 Å². The minimum atomic E-state index is -0.444. The van der Waals surface area contributed by atoms with E-state index in [0.717, 1.165) is 5.56 Å². The number of pyridine rings is 1. The molecule has 4 heteroatoms. The second kappa shape index (κ2) is 4.09. The first-order chi connectivity index (χ1) is 6.57. The third-order valence-corrected chi connectivity index (χ3v) is 1.98. The molecule has 14 heavy (non-hydrogen) atoms. The largest absolute Gasteiger partial charge is 0.464 e. The van der Waals surface area contributed by atoms with Gasteiger partial charge in [0.2, 0.25) is 0 Å². The topological polar surface area (TPSA) is 65.2 Å². The monoisotopic (exact) mass is 194 g/mol. The van der Waals surface area contributed by atoms with Crippen LogP contribution in [-0.4, -0.2) is 18.1 Å². The third kappa shape index (κ3) is 1.84. The van der Waals surface area contributed by atoms with Gasteiger partial charge in [0.25, 0.3) is 0 Å². The molecule has 0 aliphatic rings. The average molecular weight is 194 g/mol. The number of aromatic nitrogens is 1. The van der Waals surface area contributed by atoms with Crippen LogP contribution in [0.4, 0.5) is 5.69 Å². The van der Waals surface area contributed by atoms with Gasteiger partial charge in [-0.2, -0.15) is 0 Å². The first-order valence-corrected chi connectivity index (χ1v) is 4.40. The van der Waals surface area contributed by atoms with Crippen molar-refractivity contribution in [3.8, 4) is 0 Å². The predicted octanol–water partition coefficient (Wildman–Crippen LogP) is 1.57. The second-order valence-electron chi connectivity index (χ2n) is 3.31. The molecule has 0 atom stereocenters. The molecule has 0 aliphatic heterocycles. The van der Waals surface area contributed by atoms with Gasteiger partial charge < -0.3 is 10.5 Å². The van der Waals surface area contributed by atoms with Gasteiger partial charge in [0.1, 0.15) is 0 Å². The highest BCUT2D eigenvalue weighted by Crippen LogP contribution is 2.24. The number of hydrogen-bond donors (Lipinski definition) is 1. The molecule has 0 fully saturated rings. The molecule has 0 radical (unpaired) electrons. The minimum absolute atomic E-state index is 0.151. The zero-order valence-corrected chi connectivity index (χ0v) is 8.57. The quantitative estimate of drug-likeness (QED) is 0.726. The summed E-state index contributed by atoms with van der Waals surface area (Å²) in [7, 11) is 1.33. The van der Waals surface area contributed by atoms with Crippen molar-refractivity contribution in [3.05, 3.63) is 23.5 Å². The minimum Gasteiger partial charge on any atom is -0.464 e. The highest BCUT2D eigenvalue weighted by Gasteiger charge is 2.17. The van der Waals surface area contributed by atoms with Crippen LogP contribution in [0.1, 0.15) is 35.8 Å². The molecule has 76 valence electrons. The average Bonchev–Trinajstić information content (AvgIpc) is 2.15. The van der Waals surface area contributed by atoms with E-state index in [9.17, 15) is 4.79 Å². The Labute approximate surface area is 83.1 Å². The fraction of sp³-hybridized carbons (Fsp3) is 0.400. The number of carbonyl (C=O) groups is 1. The van der Waals surface area contributed by atoms with E-state index < -0.39 is 5.97 Å². The molecular weight excluding hydrogens is 180 g/mol. The maximum absolute atomic E-state index is 11.4. The number of esters is 1. The molecule has 0 saturated heterocycles. The van der Waals surface area contributed by atoms with E-state index in [0.29, 0.717) is 11.4 Å². The molecule has 1 rings (SSSR count). The van der Waals surface area contributed by atoms with E-state index >= 15 is 0 Å². The normalized spacial score (nSPS) is 10.3. The van der Waals surface area contributed by atoms with Crippen LogP contribution in [0.15, 0.2) is 12.3 Å². The number of anilines is 1. The standard InChI is InChI=1S/C10H14N2O2/c1-6(2)8-7(11)4-5-12-9(8)10(13)14-3/h4-6H,1-3H3,(H2,11,12).